The van der Waals surface area contributed by atoms with Crippen LogP contribution in [0.15, 0.2) is 36.4 Å². The molecule has 2 aromatic rings. The van der Waals surface area contributed by atoms with E-state index in [1.54, 1.807) is 6.07 Å². The lowest BCUT2D eigenvalue weighted by molar-refractivity contribution is -0.893. The number of quaternary nitrogens is 1. The van der Waals surface area contributed by atoms with E-state index >= 15 is 0 Å². The predicted octanol–water partition coefficient (Wildman–Crippen LogP) is 2.77. The van der Waals surface area contributed by atoms with Gasteiger partial charge in [-0.3, -0.25) is 0 Å². The van der Waals surface area contributed by atoms with E-state index in [2.05, 4.69) is 33.2 Å². The highest BCUT2D eigenvalue weighted by atomic mass is 16.5. The number of likely N-dealkylation sites (N-methyl/N-ethyl adjacent to an activating group) is 1. The Labute approximate surface area is 149 Å². The number of aliphatic hydroxyl groups excluding tert-OH is 1. The maximum absolute atomic E-state index is 10.6. The number of phenols is 2. The molecule has 0 radical (unpaired) electrons. The number of nitrogens with zero attached hydrogens (tertiary/aromatic N) is 1. The van der Waals surface area contributed by atoms with Crippen LogP contribution in [0.1, 0.15) is 22.8 Å². The quantitative estimate of drug-likeness (QED) is 0.533. The number of aromatic hydroxyl groups is 2. The summed E-state index contributed by atoms with van der Waals surface area (Å²) in [5.41, 5.74) is 3.05. The van der Waals surface area contributed by atoms with Crippen LogP contribution in [0.2, 0.25) is 0 Å². The van der Waals surface area contributed by atoms with Gasteiger partial charge in [-0.2, -0.15) is 0 Å². The lowest BCUT2D eigenvalue weighted by atomic mass is 10.0. The molecule has 2 rings (SSSR count). The first kappa shape index (κ1) is 19.1. The molecule has 5 nitrogen and oxygen atoms in total. The van der Waals surface area contributed by atoms with Gasteiger partial charge in [0.15, 0.2) is 11.5 Å². The summed E-state index contributed by atoms with van der Waals surface area (Å²) < 4.78 is 5.77. The zero-order valence-corrected chi connectivity index (χ0v) is 15.4. The van der Waals surface area contributed by atoms with Crippen molar-refractivity contribution in [2.24, 2.45) is 0 Å². The summed E-state index contributed by atoms with van der Waals surface area (Å²) in [6.07, 6.45) is 0.109. The van der Waals surface area contributed by atoms with Crippen molar-refractivity contribution in [3.63, 3.8) is 0 Å². The Bertz CT molecular complexity index is 728. The molecule has 0 spiro atoms. The van der Waals surface area contributed by atoms with Gasteiger partial charge in [0.2, 0.25) is 5.75 Å². The number of aryl methyl sites for hydroxylation is 1. The van der Waals surface area contributed by atoms with Crippen molar-refractivity contribution in [1.29, 1.82) is 0 Å². The number of benzene rings is 2. The van der Waals surface area contributed by atoms with Crippen LogP contribution in [0.5, 0.6) is 17.2 Å². The van der Waals surface area contributed by atoms with Crippen molar-refractivity contribution in [1.82, 2.24) is 0 Å². The van der Waals surface area contributed by atoms with Gasteiger partial charge in [-0.15, -0.1) is 0 Å². The first-order valence-corrected chi connectivity index (χ1v) is 8.38. The molecule has 5 heteroatoms. The van der Waals surface area contributed by atoms with Gasteiger partial charge in [-0.05, 0) is 30.2 Å². The first-order chi connectivity index (χ1) is 11.7. The smallest absolute Gasteiger partial charge is 0.200 e. The molecule has 0 heterocycles. The molecule has 0 amide bonds. The highest BCUT2D eigenvalue weighted by Gasteiger charge is 2.26. The monoisotopic (exact) mass is 346 g/mol. The maximum Gasteiger partial charge on any atom is 0.200 e. The summed E-state index contributed by atoms with van der Waals surface area (Å²) in [4.78, 5) is 0. The molecule has 2 aromatic carbocycles. The van der Waals surface area contributed by atoms with Crippen LogP contribution < -0.4 is 4.74 Å². The van der Waals surface area contributed by atoms with Gasteiger partial charge in [0.1, 0.15) is 12.6 Å². The van der Waals surface area contributed by atoms with E-state index in [-0.39, 0.29) is 17.2 Å². The highest BCUT2D eigenvalue weighted by molar-refractivity contribution is 5.54. The molecule has 0 saturated carbocycles. The minimum Gasteiger partial charge on any atom is -0.504 e. The Hall–Kier alpha value is -2.24. The van der Waals surface area contributed by atoms with Crippen LogP contribution in [0, 0.1) is 6.92 Å². The van der Waals surface area contributed by atoms with E-state index in [9.17, 15) is 15.3 Å². The van der Waals surface area contributed by atoms with Crippen LogP contribution in [0.25, 0.3) is 0 Å². The van der Waals surface area contributed by atoms with E-state index in [0.29, 0.717) is 16.6 Å². The molecule has 1 unspecified atom stereocenters. The Kier molecular flexibility index (Phi) is 5.93. The van der Waals surface area contributed by atoms with E-state index in [0.717, 1.165) is 13.0 Å². The van der Waals surface area contributed by atoms with Crippen molar-refractivity contribution in [2.75, 3.05) is 34.3 Å². The molecule has 0 saturated heterocycles. The van der Waals surface area contributed by atoms with Gasteiger partial charge in [-0.1, -0.05) is 24.3 Å². The number of aliphatic hydroxyl groups is 1. The summed E-state index contributed by atoms with van der Waals surface area (Å²) >= 11 is 0. The molecule has 0 aliphatic carbocycles. The van der Waals surface area contributed by atoms with Gasteiger partial charge in [-0.25, -0.2) is 0 Å². The average Bonchev–Trinajstić information content (AvgIpc) is 2.56. The Morgan fingerprint density at radius 3 is 2.40 bits per heavy atom. The summed E-state index contributed by atoms with van der Waals surface area (Å²) in [6.45, 7) is 3.44. The third-order valence-corrected chi connectivity index (χ3v) is 4.62. The summed E-state index contributed by atoms with van der Waals surface area (Å²) in [5.74, 6) is -0.489. The fourth-order valence-electron chi connectivity index (χ4n) is 3.02. The van der Waals surface area contributed by atoms with E-state index in [4.69, 9.17) is 4.74 Å². The molecule has 0 aromatic heterocycles. The Balaban J connectivity index is 2.09. The first-order valence-electron chi connectivity index (χ1n) is 8.38. The van der Waals surface area contributed by atoms with Crippen LogP contribution in [0.4, 0.5) is 0 Å². The standard InChI is InChI=1S/C20H27NO4/c1-14-7-5-6-8-15(14)11-12-21(2,3)13-18(23)16-9-10-17(22)19(24)20(16)25-4/h5-10,18,23H,11-13H2,1-4H3,(H-,22,24)/p+1. The third kappa shape index (κ3) is 4.65. The fourth-order valence-corrected chi connectivity index (χ4v) is 3.02. The van der Waals surface area contributed by atoms with Gasteiger partial charge < -0.3 is 24.5 Å². The number of rotatable bonds is 7. The Morgan fingerprint density at radius 2 is 1.76 bits per heavy atom. The summed E-state index contributed by atoms with van der Waals surface area (Å²) in [7, 11) is 5.53. The molecular formula is C20H28NO4+. The van der Waals surface area contributed by atoms with Crippen LogP contribution in [-0.4, -0.2) is 54.1 Å². The average molecular weight is 346 g/mol. The minimum atomic E-state index is -0.812. The topological polar surface area (TPSA) is 69.9 Å². The van der Waals surface area contributed by atoms with Crippen molar-refractivity contribution in [3.05, 3.63) is 53.1 Å². The molecule has 0 bridgehead atoms. The van der Waals surface area contributed by atoms with E-state index < -0.39 is 6.10 Å². The number of hydrogen-bond donors (Lipinski definition) is 3. The van der Waals surface area contributed by atoms with Crippen LogP contribution in [0.3, 0.4) is 0 Å². The maximum atomic E-state index is 10.6. The largest absolute Gasteiger partial charge is 0.504 e. The van der Waals surface area contributed by atoms with Crippen molar-refractivity contribution in [2.45, 2.75) is 19.4 Å². The third-order valence-electron chi connectivity index (χ3n) is 4.62. The zero-order chi connectivity index (χ0) is 18.6. The van der Waals surface area contributed by atoms with Crippen molar-refractivity contribution in [3.8, 4) is 17.2 Å². The molecule has 0 aliphatic heterocycles. The molecule has 25 heavy (non-hydrogen) atoms. The van der Waals surface area contributed by atoms with Crippen molar-refractivity contribution >= 4 is 0 Å². The fraction of sp³-hybridized carbons (Fsp3) is 0.400. The second-order valence-electron chi connectivity index (χ2n) is 7.09. The number of phenolic OH excluding ortho intramolecular Hbond substituents is 2. The zero-order valence-electron chi connectivity index (χ0n) is 15.4. The van der Waals surface area contributed by atoms with Gasteiger partial charge >= 0.3 is 0 Å². The highest BCUT2D eigenvalue weighted by Crippen LogP contribution is 2.40. The summed E-state index contributed by atoms with van der Waals surface area (Å²) in [5, 5.41) is 30.2. The van der Waals surface area contributed by atoms with Gasteiger partial charge in [0.05, 0.1) is 27.7 Å². The number of ether oxygens (including phenoxy) is 1. The number of methoxy groups -OCH3 is 1. The lowest BCUT2D eigenvalue weighted by Gasteiger charge is -2.32. The van der Waals surface area contributed by atoms with Gasteiger partial charge in [0, 0.05) is 12.0 Å². The lowest BCUT2D eigenvalue weighted by Crippen LogP contribution is -2.44. The van der Waals surface area contributed by atoms with E-state index in [1.807, 2.05) is 12.1 Å². The SMILES string of the molecule is COc1c(C(O)C[N+](C)(C)CCc2ccccc2C)ccc(O)c1O. The predicted molar refractivity (Wildman–Crippen MR) is 98.0 cm³/mol. The molecular weight excluding hydrogens is 318 g/mol. The summed E-state index contributed by atoms with van der Waals surface area (Å²) in [6, 6.07) is 11.3. The Morgan fingerprint density at radius 1 is 1.08 bits per heavy atom. The molecule has 3 N–H and O–H groups in total. The minimum absolute atomic E-state index is 0.117. The molecule has 136 valence electrons. The second kappa shape index (κ2) is 7.76. The normalized spacial score (nSPS) is 12.8. The van der Waals surface area contributed by atoms with Crippen molar-refractivity contribution < 1.29 is 24.5 Å². The van der Waals surface area contributed by atoms with Crippen LogP contribution in [-0.2, 0) is 6.42 Å². The number of hydrogen-bond acceptors (Lipinski definition) is 4. The molecule has 1 atom stereocenters. The van der Waals surface area contributed by atoms with E-state index in [1.165, 1.54) is 24.3 Å². The second-order valence-corrected chi connectivity index (χ2v) is 7.09. The van der Waals surface area contributed by atoms with Crippen LogP contribution >= 0.6 is 0 Å². The molecule has 0 fully saturated rings. The van der Waals surface area contributed by atoms with Gasteiger partial charge in [0.25, 0.3) is 0 Å². The molecule has 0 aliphatic rings.